The van der Waals surface area contributed by atoms with Crippen LogP contribution in [0.25, 0.3) is 0 Å². The van der Waals surface area contributed by atoms with Crippen LogP contribution in [0.1, 0.15) is 35.4 Å². The molecule has 1 aromatic rings. The molecule has 3 atom stereocenters. The van der Waals surface area contributed by atoms with E-state index >= 15 is 0 Å². The summed E-state index contributed by atoms with van der Waals surface area (Å²) < 4.78 is 0. The summed E-state index contributed by atoms with van der Waals surface area (Å²) in [6.07, 6.45) is 2.32. The van der Waals surface area contributed by atoms with Crippen LogP contribution < -0.4 is 10.7 Å². The lowest BCUT2D eigenvalue weighted by atomic mass is 9.89. The van der Waals surface area contributed by atoms with Crippen molar-refractivity contribution in [3.05, 3.63) is 33.7 Å². The Kier molecular flexibility index (Phi) is 3.76. The molecular weight excluding hydrogens is 282 g/mol. The van der Waals surface area contributed by atoms with Crippen LogP contribution in [-0.4, -0.2) is 41.3 Å². The standard InChI is InChI=1S/C16H21N3O3/c1-9-3-13(20)7-14(18-9)16(22)19(2)12-4-10-6-15(21)17-8-11(10)5-12/h3,7,10-12H,4-6,8H2,1-2H3,(H,17,21)(H,18,20)/t10-,11+,12-/m1/s1. The molecule has 2 aliphatic rings. The molecule has 22 heavy (non-hydrogen) atoms. The van der Waals surface area contributed by atoms with E-state index in [1.807, 2.05) is 0 Å². The molecule has 1 saturated heterocycles. The van der Waals surface area contributed by atoms with Gasteiger partial charge in [-0.2, -0.15) is 0 Å². The van der Waals surface area contributed by atoms with Gasteiger partial charge in [0.25, 0.3) is 5.91 Å². The van der Waals surface area contributed by atoms with Gasteiger partial charge in [0.2, 0.25) is 5.91 Å². The van der Waals surface area contributed by atoms with E-state index in [2.05, 4.69) is 10.3 Å². The van der Waals surface area contributed by atoms with Crippen LogP contribution in [-0.2, 0) is 4.79 Å². The first kappa shape index (κ1) is 14.8. The number of H-pyrrole nitrogens is 1. The van der Waals surface area contributed by atoms with Gasteiger partial charge in [-0.15, -0.1) is 0 Å². The number of fused-ring (bicyclic) bond motifs is 1. The first-order chi connectivity index (χ1) is 10.4. The van der Waals surface area contributed by atoms with Crippen molar-refractivity contribution in [3.8, 4) is 0 Å². The van der Waals surface area contributed by atoms with E-state index < -0.39 is 0 Å². The lowest BCUT2D eigenvalue weighted by Gasteiger charge is -2.24. The molecule has 118 valence electrons. The van der Waals surface area contributed by atoms with Crippen molar-refractivity contribution >= 4 is 11.8 Å². The van der Waals surface area contributed by atoms with Crippen LogP contribution in [0.4, 0.5) is 0 Å². The predicted molar refractivity (Wildman–Crippen MR) is 81.5 cm³/mol. The van der Waals surface area contributed by atoms with Crippen molar-refractivity contribution in [1.82, 2.24) is 15.2 Å². The Balaban J connectivity index is 1.74. The van der Waals surface area contributed by atoms with Gasteiger partial charge >= 0.3 is 0 Å². The molecule has 1 aliphatic carbocycles. The number of piperidine rings is 1. The Bertz CT molecular complexity index is 667. The number of nitrogens with one attached hydrogen (secondary N) is 2. The van der Waals surface area contributed by atoms with E-state index in [0.717, 1.165) is 12.8 Å². The largest absolute Gasteiger partial charge is 0.356 e. The Hall–Kier alpha value is -2.11. The highest BCUT2D eigenvalue weighted by molar-refractivity contribution is 5.92. The number of aryl methyl sites for hydroxylation is 1. The van der Waals surface area contributed by atoms with E-state index in [1.165, 1.54) is 12.1 Å². The molecule has 3 rings (SSSR count). The normalized spacial score (nSPS) is 27.2. The van der Waals surface area contributed by atoms with Gasteiger partial charge in [-0.1, -0.05) is 0 Å². The number of hydrogen-bond donors (Lipinski definition) is 2. The van der Waals surface area contributed by atoms with Gasteiger partial charge in [-0.3, -0.25) is 14.4 Å². The fourth-order valence-electron chi connectivity index (χ4n) is 3.70. The number of carbonyl (C=O) groups is 2. The highest BCUT2D eigenvalue weighted by atomic mass is 16.2. The maximum atomic E-state index is 12.6. The zero-order valence-corrected chi connectivity index (χ0v) is 12.9. The van der Waals surface area contributed by atoms with Gasteiger partial charge in [0.05, 0.1) is 0 Å². The van der Waals surface area contributed by atoms with Crippen molar-refractivity contribution in [2.24, 2.45) is 11.8 Å². The molecule has 2 amide bonds. The fourth-order valence-corrected chi connectivity index (χ4v) is 3.70. The third-order valence-electron chi connectivity index (χ3n) is 4.90. The van der Waals surface area contributed by atoms with Gasteiger partial charge in [0.1, 0.15) is 5.69 Å². The number of rotatable bonds is 2. The Morgan fingerprint density at radius 1 is 1.23 bits per heavy atom. The van der Waals surface area contributed by atoms with Gasteiger partial charge in [-0.25, -0.2) is 0 Å². The van der Waals surface area contributed by atoms with Crippen LogP contribution >= 0.6 is 0 Å². The fraction of sp³-hybridized carbons (Fsp3) is 0.562. The zero-order valence-electron chi connectivity index (χ0n) is 12.9. The second-order valence-corrected chi connectivity index (χ2v) is 6.48. The van der Waals surface area contributed by atoms with Crippen molar-refractivity contribution in [1.29, 1.82) is 0 Å². The molecule has 1 aromatic heterocycles. The monoisotopic (exact) mass is 303 g/mol. The number of pyridine rings is 1. The molecule has 0 aromatic carbocycles. The van der Waals surface area contributed by atoms with E-state index in [1.54, 1.807) is 18.9 Å². The zero-order chi connectivity index (χ0) is 15.9. The maximum Gasteiger partial charge on any atom is 0.270 e. The molecule has 2 fully saturated rings. The number of hydrogen-bond acceptors (Lipinski definition) is 3. The van der Waals surface area contributed by atoms with E-state index in [4.69, 9.17) is 0 Å². The van der Waals surface area contributed by atoms with Crippen LogP contribution in [0.2, 0.25) is 0 Å². The summed E-state index contributed by atoms with van der Waals surface area (Å²) >= 11 is 0. The average molecular weight is 303 g/mol. The van der Waals surface area contributed by atoms with Gasteiger partial charge < -0.3 is 15.2 Å². The highest BCUT2D eigenvalue weighted by Crippen LogP contribution is 2.38. The van der Waals surface area contributed by atoms with E-state index in [-0.39, 0.29) is 23.3 Å². The van der Waals surface area contributed by atoms with Crippen LogP contribution in [0.3, 0.4) is 0 Å². The topological polar surface area (TPSA) is 82.3 Å². The molecule has 2 heterocycles. The molecule has 6 nitrogen and oxygen atoms in total. The average Bonchev–Trinajstić information content (AvgIpc) is 2.87. The second kappa shape index (κ2) is 5.59. The number of amides is 2. The smallest absolute Gasteiger partial charge is 0.270 e. The summed E-state index contributed by atoms with van der Waals surface area (Å²) in [6, 6.07) is 2.94. The maximum absolute atomic E-state index is 12.6. The molecule has 0 unspecified atom stereocenters. The number of aromatic nitrogens is 1. The molecule has 1 saturated carbocycles. The molecule has 2 N–H and O–H groups in total. The third kappa shape index (κ3) is 2.77. The molecule has 6 heteroatoms. The minimum atomic E-state index is -0.164. The molecule has 0 radical (unpaired) electrons. The molecular formula is C16H21N3O3. The molecule has 0 spiro atoms. The predicted octanol–water partition coefficient (Wildman–Crippen LogP) is 0.670. The van der Waals surface area contributed by atoms with Crippen LogP contribution in [0.5, 0.6) is 0 Å². The lowest BCUT2D eigenvalue weighted by Crippen LogP contribution is -2.38. The second-order valence-electron chi connectivity index (χ2n) is 6.48. The molecule has 1 aliphatic heterocycles. The van der Waals surface area contributed by atoms with Gasteiger partial charge in [0.15, 0.2) is 5.43 Å². The van der Waals surface area contributed by atoms with Gasteiger partial charge in [0, 0.05) is 43.9 Å². The first-order valence-corrected chi connectivity index (χ1v) is 7.69. The quantitative estimate of drug-likeness (QED) is 0.842. The first-order valence-electron chi connectivity index (χ1n) is 7.69. The number of aromatic amines is 1. The summed E-state index contributed by atoms with van der Waals surface area (Å²) in [5, 5.41) is 2.90. The molecule has 0 bridgehead atoms. The Morgan fingerprint density at radius 3 is 2.68 bits per heavy atom. The van der Waals surface area contributed by atoms with Crippen LogP contribution in [0, 0.1) is 18.8 Å². The Morgan fingerprint density at radius 2 is 1.95 bits per heavy atom. The summed E-state index contributed by atoms with van der Waals surface area (Å²) in [4.78, 5) is 40.3. The van der Waals surface area contributed by atoms with E-state index in [9.17, 15) is 14.4 Å². The van der Waals surface area contributed by atoms with Gasteiger partial charge in [-0.05, 0) is 31.6 Å². The van der Waals surface area contributed by atoms with Crippen molar-refractivity contribution in [2.75, 3.05) is 13.6 Å². The van der Waals surface area contributed by atoms with Crippen molar-refractivity contribution in [2.45, 2.75) is 32.2 Å². The third-order valence-corrected chi connectivity index (χ3v) is 4.90. The van der Waals surface area contributed by atoms with Crippen molar-refractivity contribution in [3.63, 3.8) is 0 Å². The minimum absolute atomic E-state index is 0.110. The number of nitrogens with zero attached hydrogens (tertiary/aromatic N) is 1. The summed E-state index contributed by atoms with van der Waals surface area (Å²) in [6.45, 7) is 2.48. The van der Waals surface area contributed by atoms with Crippen molar-refractivity contribution < 1.29 is 9.59 Å². The summed E-state index contributed by atoms with van der Waals surface area (Å²) in [7, 11) is 1.78. The highest BCUT2D eigenvalue weighted by Gasteiger charge is 2.40. The van der Waals surface area contributed by atoms with Crippen LogP contribution in [0.15, 0.2) is 16.9 Å². The SMILES string of the molecule is Cc1cc(=O)cc(C(=O)N(C)[C@H]2C[C@H]3CNC(=O)C[C@H]3C2)[nH]1. The van der Waals surface area contributed by atoms with E-state index in [0.29, 0.717) is 36.2 Å². The summed E-state index contributed by atoms with van der Waals surface area (Å²) in [5.41, 5.74) is 0.846. The lowest BCUT2D eigenvalue weighted by molar-refractivity contribution is -0.124. The Labute approximate surface area is 128 Å². The number of carbonyl (C=O) groups excluding carboxylic acids is 2. The summed E-state index contributed by atoms with van der Waals surface area (Å²) in [5.74, 6) is 0.766. The minimum Gasteiger partial charge on any atom is -0.356 e.